The first-order valence-electron chi connectivity index (χ1n) is 4.73. The van der Waals surface area contributed by atoms with Gasteiger partial charge in [0.15, 0.2) is 0 Å². The van der Waals surface area contributed by atoms with Crippen LogP contribution < -0.4 is 11.3 Å². The minimum absolute atomic E-state index is 0.110. The van der Waals surface area contributed by atoms with Crippen molar-refractivity contribution in [2.45, 2.75) is 6.92 Å². The van der Waals surface area contributed by atoms with Crippen molar-refractivity contribution in [3.63, 3.8) is 0 Å². The molecule has 1 aromatic heterocycles. The standard InChI is InChI=1S/C11H11N3O2/c1-6-9(12)13-10(14-11(6)16)7-3-2-4-8(15)5-7/h2-5,15H,1H3,(H3,12,13,14,16). The van der Waals surface area contributed by atoms with E-state index in [1.165, 1.54) is 6.07 Å². The predicted octanol–water partition coefficient (Wildman–Crippen LogP) is 1.03. The molecule has 2 aromatic rings. The maximum atomic E-state index is 11.5. The van der Waals surface area contributed by atoms with Crippen LogP contribution in [0.25, 0.3) is 11.4 Å². The molecule has 16 heavy (non-hydrogen) atoms. The third-order valence-electron chi connectivity index (χ3n) is 2.31. The summed E-state index contributed by atoms with van der Waals surface area (Å²) in [6.07, 6.45) is 0. The quantitative estimate of drug-likeness (QED) is 0.665. The molecule has 0 atom stereocenters. The Bertz CT molecular complexity index is 590. The first-order valence-corrected chi connectivity index (χ1v) is 4.73. The zero-order valence-corrected chi connectivity index (χ0v) is 8.69. The summed E-state index contributed by atoms with van der Waals surface area (Å²) in [4.78, 5) is 18.1. The number of phenolic OH excluding ortho intramolecular Hbond substituents is 1. The fourth-order valence-electron chi connectivity index (χ4n) is 1.34. The highest BCUT2D eigenvalue weighted by Crippen LogP contribution is 2.19. The lowest BCUT2D eigenvalue weighted by Gasteiger charge is -2.04. The molecule has 0 unspecified atom stereocenters. The number of phenols is 1. The van der Waals surface area contributed by atoms with Gasteiger partial charge in [0.1, 0.15) is 17.4 Å². The fourth-order valence-corrected chi connectivity index (χ4v) is 1.34. The number of aromatic nitrogens is 2. The Kier molecular flexibility index (Phi) is 2.36. The summed E-state index contributed by atoms with van der Waals surface area (Å²) >= 11 is 0. The van der Waals surface area contributed by atoms with Crippen LogP contribution in [-0.2, 0) is 0 Å². The minimum atomic E-state index is -0.272. The number of anilines is 1. The molecule has 0 bridgehead atoms. The second-order valence-electron chi connectivity index (χ2n) is 3.48. The van der Waals surface area contributed by atoms with Gasteiger partial charge in [0, 0.05) is 5.56 Å². The van der Waals surface area contributed by atoms with Crippen molar-refractivity contribution in [1.29, 1.82) is 0 Å². The first-order chi connectivity index (χ1) is 7.58. The molecule has 4 N–H and O–H groups in total. The largest absolute Gasteiger partial charge is 0.508 e. The summed E-state index contributed by atoms with van der Waals surface area (Å²) in [7, 11) is 0. The van der Waals surface area contributed by atoms with E-state index in [0.717, 1.165) is 0 Å². The fraction of sp³-hybridized carbons (Fsp3) is 0.0909. The lowest BCUT2D eigenvalue weighted by molar-refractivity contribution is 0.475. The summed E-state index contributed by atoms with van der Waals surface area (Å²) in [5.74, 6) is 0.658. The predicted molar refractivity (Wildman–Crippen MR) is 61.1 cm³/mol. The van der Waals surface area contributed by atoms with Gasteiger partial charge in [-0.25, -0.2) is 4.98 Å². The van der Waals surface area contributed by atoms with E-state index in [1.54, 1.807) is 25.1 Å². The minimum Gasteiger partial charge on any atom is -0.508 e. The Balaban J connectivity index is 2.61. The highest BCUT2D eigenvalue weighted by Gasteiger charge is 2.06. The van der Waals surface area contributed by atoms with Crippen molar-refractivity contribution < 1.29 is 5.11 Å². The summed E-state index contributed by atoms with van der Waals surface area (Å²) in [6, 6.07) is 6.44. The van der Waals surface area contributed by atoms with Gasteiger partial charge in [0.2, 0.25) is 0 Å². The summed E-state index contributed by atoms with van der Waals surface area (Å²) < 4.78 is 0. The molecule has 0 spiro atoms. The van der Waals surface area contributed by atoms with Gasteiger partial charge in [-0.05, 0) is 19.1 Å². The maximum Gasteiger partial charge on any atom is 0.256 e. The molecule has 5 heteroatoms. The van der Waals surface area contributed by atoms with Crippen LogP contribution in [0, 0.1) is 6.92 Å². The average Bonchev–Trinajstić information content (AvgIpc) is 2.25. The van der Waals surface area contributed by atoms with E-state index < -0.39 is 0 Å². The Hall–Kier alpha value is -2.30. The molecular formula is C11H11N3O2. The summed E-state index contributed by atoms with van der Waals surface area (Å²) in [5.41, 5.74) is 6.34. The third-order valence-corrected chi connectivity index (χ3v) is 2.31. The zero-order chi connectivity index (χ0) is 11.7. The van der Waals surface area contributed by atoms with E-state index >= 15 is 0 Å². The number of H-pyrrole nitrogens is 1. The topological polar surface area (TPSA) is 92.0 Å². The van der Waals surface area contributed by atoms with Gasteiger partial charge in [-0.1, -0.05) is 12.1 Å². The van der Waals surface area contributed by atoms with Crippen molar-refractivity contribution in [3.8, 4) is 17.1 Å². The van der Waals surface area contributed by atoms with Crippen molar-refractivity contribution in [2.75, 3.05) is 5.73 Å². The van der Waals surface area contributed by atoms with Crippen LogP contribution in [0.1, 0.15) is 5.56 Å². The summed E-state index contributed by atoms with van der Waals surface area (Å²) in [6.45, 7) is 1.60. The number of hydrogen-bond acceptors (Lipinski definition) is 4. The van der Waals surface area contributed by atoms with Gasteiger partial charge < -0.3 is 15.8 Å². The summed E-state index contributed by atoms with van der Waals surface area (Å²) in [5, 5.41) is 9.32. The zero-order valence-electron chi connectivity index (χ0n) is 8.69. The number of benzene rings is 1. The number of nitrogens with two attached hydrogens (primary N) is 1. The monoisotopic (exact) mass is 217 g/mol. The van der Waals surface area contributed by atoms with Gasteiger partial charge in [-0.2, -0.15) is 0 Å². The van der Waals surface area contributed by atoms with Crippen molar-refractivity contribution >= 4 is 5.82 Å². The normalized spacial score (nSPS) is 10.3. The molecule has 0 saturated heterocycles. The Labute approximate surface area is 91.6 Å². The molecule has 0 aliphatic heterocycles. The van der Waals surface area contributed by atoms with Crippen LogP contribution in [0.4, 0.5) is 5.82 Å². The van der Waals surface area contributed by atoms with Crippen molar-refractivity contribution in [1.82, 2.24) is 9.97 Å². The molecule has 0 aliphatic rings. The van der Waals surface area contributed by atoms with E-state index in [0.29, 0.717) is 17.0 Å². The number of aromatic amines is 1. The number of rotatable bonds is 1. The highest BCUT2D eigenvalue weighted by atomic mass is 16.3. The first kappa shape index (κ1) is 10.2. The molecule has 0 fully saturated rings. The number of nitrogens with zero attached hydrogens (tertiary/aromatic N) is 1. The lowest BCUT2D eigenvalue weighted by atomic mass is 10.2. The molecule has 1 heterocycles. The van der Waals surface area contributed by atoms with E-state index in [1.807, 2.05) is 0 Å². The van der Waals surface area contributed by atoms with Crippen molar-refractivity contribution in [3.05, 3.63) is 40.2 Å². The van der Waals surface area contributed by atoms with Gasteiger partial charge in [0.25, 0.3) is 5.56 Å². The Morgan fingerprint density at radius 1 is 1.44 bits per heavy atom. The molecule has 0 saturated carbocycles. The van der Waals surface area contributed by atoms with Crippen LogP contribution in [0.2, 0.25) is 0 Å². The average molecular weight is 217 g/mol. The third kappa shape index (κ3) is 1.75. The van der Waals surface area contributed by atoms with Crippen LogP contribution in [-0.4, -0.2) is 15.1 Å². The van der Waals surface area contributed by atoms with Gasteiger partial charge in [-0.15, -0.1) is 0 Å². The number of aromatic hydroxyl groups is 1. The lowest BCUT2D eigenvalue weighted by Crippen LogP contribution is -2.15. The van der Waals surface area contributed by atoms with Gasteiger partial charge >= 0.3 is 0 Å². The van der Waals surface area contributed by atoms with E-state index in [4.69, 9.17) is 5.73 Å². The van der Waals surface area contributed by atoms with Crippen LogP contribution in [0.3, 0.4) is 0 Å². The molecule has 0 aliphatic carbocycles. The van der Waals surface area contributed by atoms with Crippen LogP contribution in [0.5, 0.6) is 5.75 Å². The smallest absolute Gasteiger partial charge is 0.256 e. The molecular weight excluding hydrogens is 206 g/mol. The van der Waals surface area contributed by atoms with E-state index in [2.05, 4.69) is 9.97 Å². The highest BCUT2D eigenvalue weighted by molar-refractivity contribution is 5.59. The molecule has 2 rings (SSSR count). The van der Waals surface area contributed by atoms with Crippen molar-refractivity contribution in [2.24, 2.45) is 0 Å². The van der Waals surface area contributed by atoms with E-state index in [-0.39, 0.29) is 17.1 Å². The van der Waals surface area contributed by atoms with E-state index in [9.17, 15) is 9.90 Å². The Morgan fingerprint density at radius 3 is 2.81 bits per heavy atom. The molecule has 82 valence electrons. The Morgan fingerprint density at radius 2 is 2.19 bits per heavy atom. The second-order valence-corrected chi connectivity index (χ2v) is 3.48. The number of nitrogen functional groups attached to an aromatic ring is 1. The second kappa shape index (κ2) is 3.69. The maximum absolute atomic E-state index is 11.5. The van der Waals surface area contributed by atoms with Crippen LogP contribution in [0.15, 0.2) is 29.1 Å². The molecule has 0 amide bonds. The molecule has 0 radical (unpaired) electrons. The number of hydrogen-bond donors (Lipinski definition) is 3. The molecule has 5 nitrogen and oxygen atoms in total. The number of nitrogens with one attached hydrogen (secondary N) is 1. The van der Waals surface area contributed by atoms with Gasteiger partial charge in [0.05, 0.1) is 5.56 Å². The van der Waals surface area contributed by atoms with Crippen LogP contribution >= 0.6 is 0 Å². The molecule has 1 aromatic carbocycles. The SMILES string of the molecule is Cc1c(N)nc(-c2cccc(O)c2)[nH]c1=O. The van der Waals surface area contributed by atoms with Gasteiger partial charge in [-0.3, -0.25) is 4.79 Å².